The lowest BCUT2D eigenvalue weighted by molar-refractivity contribution is 0.292. The molecule has 1 aromatic carbocycles. The maximum atomic E-state index is 5.77. The molecule has 126 valence electrons. The summed E-state index contributed by atoms with van der Waals surface area (Å²) in [7, 11) is 1.96. The van der Waals surface area contributed by atoms with Crippen LogP contribution in [-0.2, 0) is 19.4 Å². The van der Waals surface area contributed by atoms with Crippen LogP contribution < -0.4 is 4.74 Å². The number of aryl methyl sites for hydroxylation is 1. The van der Waals surface area contributed by atoms with E-state index in [0.717, 1.165) is 31.8 Å². The predicted molar refractivity (Wildman–Crippen MR) is 99.9 cm³/mol. The summed E-state index contributed by atoms with van der Waals surface area (Å²) in [6.45, 7) is 2.59. The molecule has 0 aliphatic heterocycles. The maximum absolute atomic E-state index is 5.77. The van der Waals surface area contributed by atoms with Crippen LogP contribution in [0, 0.1) is 0 Å². The van der Waals surface area contributed by atoms with Gasteiger partial charge in [0, 0.05) is 25.2 Å². The fourth-order valence-corrected chi connectivity index (χ4v) is 4.82. The average molecular weight is 379 g/mol. The van der Waals surface area contributed by atoms with Crippen LogP contribution in [0.5, 0.6) is 5.75 Å². The molecule has 0 aliphatic carbocycles. The number of nitrogens with zero attached hydrogens (tertiary/aromatic N) is 4. The van der Waals surface area contributed by atoms with E-state index in [1.165, 1.54) is 5.56 Å². The van der Waals surface area contributed by atoms with Crippen LogP contribution in [0.2, 0.25) is 0 Å². The van der Waals surface area contributed by atoms with Crippen LogP contribution in [0.15, 0.2) is 45.3 Å². The van der Waals surface area contributed by atoms with Gasteiger partial charge in [-0.3, -0.25) is 0 Å². The van der Waals surface area contributed by atoms with Crippen LogP contribution in [-0.4, -0.2) is 25.5 Å². The van der Waals surface area contributed by atoms with Gasteiger partial charge in [0.1, 0.15) is 18.2 Å². The Morgan fingerprint density at radius 3 is 2.54 bits per heavy atom. The molecule has 0 saturated heterocycles. The molecule has 8 heteroatoms. The summed E-state index contributed by atoms with van der Waals surface area (Å²) in [5, 5.41) is 8.38. The van der Waals surface area contributed by atoms with Crippen LogP contribution >= 0.6 is 34.9 Å². The quantitative estimate of drug-likeness (QED) is 0.546. The summed E-state index contributed by atoms with van der Waals surface area (Å²) in [6.07, 6.45) is 3.69. The van der Waals surface area contributed by atoms with E-state index in [2.05, 4.69) is 34.2 Å². The summed E-state index contributed by atoms with van der Waals surface area (Å²) in [6, 6.07) is 8.17. The second-order valence-electron chi connectivity index (χ2n) is 4.94. The average Bonchev–Trinajstić information content (AvgIpc) is 3.21. The van der Waals surface area contributed by atoms with Gasteiger partial charge in [-0.25, -0.2) is 4.98 Å². The lowest BCUT2D eigenvalue weighted by Gasteiger charge is -2.07. The molecule has 2 aromatic heterocycles. The van der Waals surface area contributed by atoms with Gasteiger partial charge in [0.05, 0.1) is 0 Å². The van der Waals surface area contributed by atoms with Crippen molar-refractivity contribution in [2.45, 2.75) is 28.0 Å². The molecular formula is C16H18N4OS3. The van der Waals surface area contributed by atoms with Crippen molar-refractivity contribution >= 4 is 34.9 Å². The molecule has 0 unspecified atom stereocenters. The second-order valence-corrected chi connectivity index (χ2v) is 8.65. The van der Waals surface area contributed by atoms with Gasteiger partial charge in [0.2, 0.25) is 0 Å². The number of hydrogen-bond acceptors (Lipinski definition) is 7. The van der Waals surface area contributed by atoms with Gasteiger partial charge in [0.25, 0.3) is 0 Å². The standard InChI is InChI=1S/C16H18N4OS3/c1-3-22-15-18-19-16(24-15)23-11-12-4-6-13(7-5-12)21-10-14-17-8-9-20(14)2/h4-9H,3,10-11H2,1-2H3. The minimum atomic E-state index is 0.472. The minimum Gasteiger partial charge on any atom is -0.486 e. The highest BCUT2D eigenvalue weighted by Crippen LogP contribution is 2.30. The summed E-state index contributed by atoms with van der Waals surface area (Å²) in [4.78, 5) is 4.25. The van der Waals surface area contributed by atoms with E-state index in [9.17, 15) is 0 Å². The van der Waals surface area contributed by atoms with E-state index in [4.69, 9.17) is 4.74 Å². The van der Waals surface area contributed by atoms with Gasteiger partial charge in [-0.05, 0) is 23.4 Å². The van der Waals surface area contributed by atoms with Crippen molar-refractivity contribution in [1.82, 2.24) is 19.7 Å². The van der Waals surface area contributed by atoms with Crippen molar-refractivity contribution in [3.8, 4) is 5.75 Å². The first-order valence-electron chi connectivity index (χ1n) is 7.51. The Morgan fingerprint density at radius 1 is 1.12 bits per heavy atom. The molecule has 0 bridgehead atoms. The first-order chi connectivity index (χ1) is 11.7. The summed E-state index contributed by atoms with van der Waals surface area (Å²) in [5.74, 6) is 3.67. The summed E-state index contributed by atoms with van der Waals surface area (Å²) >= 11 is 5.11. The molecule has 0 saturated carbocycles. The van der Waals surface area contributed by atoms with E-state index in [1.54, 1.807) is 41.1 Å². The zero-order chi connectivity index (χ0) is 16.8. The predicted octanol–water partition coefficient (Wildman–Crippen LogP) is 4.25. The van der Waals surface area contributed by atoms with Crippen molar-refractivity contribution < 1.29 is 4.74 Å². The molecule has 24 heavy (non-hydrogen) atoms. The highest BCUT2D eigenvalue weighted by molar-refractivity contribution is 8.02. The van der Waals surface area contributed by atoms with Gasteiger partial charge < -0.3 is 9.30 Å². The summed E-state index contributed by atoms with van der Waals surface area (Å²) in [5.41, 5.74) is 1.24. The molecule has 0 amide bonds. The van der Waals surface area contributed by atoms with Gasteiger partial charge >= 0.3 is 0 Å². The van der Waals surface area contributed by atoms with Crippen molar-refractivity contribution in [1.29, 1.82) is 0 Å². The SMILES string of the molecule is CCSc1nnc(SCc2ccc(OCc3nccn3C)cc2)s1. The van der Waals surface area contributed by atoms with Crippen molar-refractivity contribution in [2.24, 2.45) is 7.05 Å². The van der Waals surface area contributed by atoms with Crippen molar-refractivity contribution in [3.05, 3.63) is 48.0 Å². The van der Waals surface area contributed by atoms with Gasteiger partial charge in [-0.15, -0.1) is 10.2 Å². The Balaban J connectivity index is 1.49. The normalized spacial score (nSPS) is 10.9. The largest absolute Gasteiger partial charge is 0.486 e. The molecular weight excluding hydrogens is 360 g/mol. The maximum Gasteiger partial charge on any atom is 0.175 e. The number of hydrogen-bond donors (Lipinski definition) is 0. The van der Waals surface area contributed by atoms with E-state index in [0.29, 0.717) is 6.61 Å². The van der Waals surface area contributed by atoms with E-state index < -0.39 is 0 Å². The highest BCUT2D eigenvalue weighted by Gasteiger charge is 2.06. The molecule has 0 spiro atoms. The monoisotopic (exact) mass is 378 g/mol. The molecule has 0 aliphatic rings. The van der Waals surface area contributed by atoms with E-state index in [1.807, 2.05) is 29.9 Å². The Hall–Kier alpha value is -1.51. The van der Waals surface area contributed by atoms with Crippen LogP contribution in [0.25, 0.3) is 0 Å². The first kappa shape index (κ1) is 17.3. The number of benzene rings is 1. The lowest BCUT2D eigenvalue weighted by atomic mass is 10.2. The van der Waals surface area contributed by atoms with E-state index in [-0.39, 0.29) is 0 Å². The Kier molecular flexibility index (Phi) is 6.17. The topological polar surface area (TPSA) is 52.8 Å². The Labute approximate surface area is 153 Å². The molecule has 3 aromatic rings. The van der Waals surface area contributed by atoms with Crippen LogP contribution in [0.1, 0.15) is 18.3 Å². The highest BCUT2D eigenvalue weighted by atomic mass is 32.2. The van der Waals surface area contributed by atoms with Gasteiger partial charge in [-0.1, -0.05) is 53.9 Å². The van der Waals surface area contributed by atoms with Gasteiger partial charge in [-0.2, -0.15) is 0 Å². The smallest absolute Gasteiger partial charge is 0.175 e. The second kappa shape index (κ2) is 8.55. The Morgan fingerprint density at radius 2 is 1.88 bits per heavy atom. The van der Waals surface area contributed by atoms with Gasteiger partial charge in [0.15, 0.2) is 8.68 Å². The number of imidazole rings is 1. The Bertz CT molecular complexity index is 770. The third-order valence-corrected chi connectivity index (χ3v) is 6.37. The fourth-order valence-electron chi connectivity index (χ4n) is 1.95. The minimum absolute atomic E-state index is 0.472. The van der Waals surface area contributed by atoms with E-state index >= 15 is 0 Å². The summed E-state index contributed by atoms with van der Waals surface area (Å²) < 4.78 is 9.78. The number of aromatic nitrogens is 4. The number of thioether (sulfide) groups is 2. The molecule has 5 nitrogen and oxygen atoms in total. The first-order valence-corrected chi connectivity index (χ1v) is 10.3. The van der Waals surface area contributed by atoms with Crippen LogP contribution in [0.4, 0.5) is 0 Å². The molecule has 3 rings (SSSR count). The van der Waals surface area contributed by atoms with Crippen LogP contribution in [0.3, 0.4) is 0 Å². The zero-order valence-corrected chi connectivity index (χ0v) is 16.0. The molecule has 0 radical (unpaired) electrons. The molecule has 0 N–H and O–H groups in total. The third kappa shape index (κ3) is 4.75. The number of rotatable bonds is 8. The number of ether oxygens (including phenoxy) is 1. The lowest BCUT2D eigenvalue weighted by Crippen LogP contribution is -2.02. The third-order valence-electron chi connectivity index (χ3n) is 3.23. The molecule has 0 fully saturated rings. The molecule has 0 atom stereocenters. The fraction of sp³-hybridized carbons (Fsp3) is 0.312. The molecule has 2 heterocycles. The zero-order valence-electron chi connectivity index (χ0n) is 13.5. The van der Waals surface area contributed by atoms with Crippen molar-refractivity contribution in [3.63, 3.8) is 0 Å². The van der Waals surface area contributed by atoms with Crippen molar-refractivity contribution in [2.75, 3.05) is 5.75 Å².